The molecule has 0 saturated heterocycles. The van der Waals surface area contributed by atoms with Gasteiger partial charge in [-0.25, -0.2) is 4.98 Å². The lowest BCUT2D eigenvalue weighted by Crippen LogP contribution is -2.08. The number of para-hydroxylation sites is 1. The van der Waals surface area contributed by atoms with Crippen molar-refractivity contribution >= 4 is 28.2 Å². The maximum absolute atomic E-state index is 12.2. The fourth-order valence-corrected chi connectivity index (χ4v) is 3.85. The van der Waals surface area contributed by atoms with E-state index in [4.69, 9.17) is 4.74 Å². The van der Waals surface area contributed by atoms with E-state index in [0.717, 1.165) is 40.0 Å². The summed E-state index contributed by atoms with van der Waals surface area (Å²) in [5.41, 5.74) is 4.11. The third-order valence-corrected chi connectivity index (χ3v) is 5.42. The largest absolute Gasteiger partial charge is 0.459 e. The molecule has 0 aliphatic heterocycles. The standard InChI is InChI=1S/C22H20N2O2S/c25-22(12-17-13-23-20-9-5-4-8-19(17)20)26-14-18-15-27-21(24-18)11-10-16-6-2-1-3-7-16/h1-9,13,15,23H,10-12,14H2. The second kappa shape index (κ2) is 8.18. The lowest BCUT2D eigenvalue weighted by molar-refractivity contribution is -0.144. The van der Waals surface area contributed by atoms with Gasteiger partial charge in [0.1, 0.15) is 6.61 Å². The zero-order valence-electron chi connectivity index (χ0n) is 14.9. The van der Waals surface area contributed by atoms with Crippen LogP contribution in [0, 0.1) is 0 Å². The smallest absolute Gasteiger partial charge is 0.310 e. The number of hydrogen-bond donors (Lipinski definition) is 1. The zero-order valence-corrected chi connectivity index (χ0v) is 15.7. The van der Waals surface area contributed by atoms with Crippen molar-refractivity contribution in [3.05, 3.63) is 88.0 Å². The summed E-state index contributed by atoms with van der Waals surface area (Å²) in [6.45, 7) is 0.225. The molecule has 1 N–H and O–H groups in total. The van der Waals surface area contributed by atoms with E-state index in [9.17, 15) is 4.79 Å². The van der Waals surface area contributed by atoms with E-state index in [2.05, 4.69) is 34.2 Å². The molecule has 4 rings (SSSR count). The Balaban J connectivity index is 1.28. The summed E-state index contributed by atoms with van der Waals surface area (Å²) >= 11 is 1.62. The fourth-order valence-electron chi connectivity index (χ4n) is 3.06. The van der Waals surface area contributed by atoms with Gasteiger partial charge in [0.2, 0.25) is 0 Å². The maximum atomic E-state index is 12.2. The number of nitrogens with one attached hydrogen (secondary N) is 1. The Morgan fingerprint density at radius 2 is 1.85 bits per heavy atom. The Hall–Kier alpha value is -2.92. The van der Waals surface area contributed by atoms with Crippen LogP contribution in [0.5, 0.6) is 0 Å². The number of carbonyl (C=O) groups is 1. The first-order chi connectivity index (χ1) is 13.3. The van der Waals surface area contributed by atoms with Crippen LogP contribution in [0.4, 0.5) is 0 Å². The molecule has 4 aromatic rings. The monoisotopic (exact) mass is 376 g/mol. The molecule has 0 aliphatic rings. The van der Waals surface area contributed by atoms with Crippen molar-refractivity contribution in [3.8, 4) is 0 Å². The molecule has 0 bridgehead atoms. The molecule has 0 atom stereocenters. The van der Waals surface area contributed by atoms with Crippen molar-refractivity contribution in [1.29, 1.82) is 0 Å². The van der Waals surface area contributed by atoms with Gasteiger partial charge in [-0.3, -0.25) is 4.79 Å². The quantitative estimate of drug-likeness (QED) is 0.476. The molecule has 0 unspecified atom stereocenters. The number of ether oxygens (including phenoxy) is 1. The molecular weight excluding hydrogens is 356 g/mol. The van der Waals surface area contributed by atoms with E-state index >= 15 is 0 Å². The number of fused-ring (bicyclic) bond motifs is 1. The number of aryl methyl sites for hydroxylation is 2. The Labute approximate surface area is 161 Å². The molecule has 0 spiro atoms. The molecule has 136 valence electrons. The molecule has 2 aromatic carbocycles. The van der Waals surface area contributed by atoms with Crippen LogP contribution in [0.1, 0.15) is 21.8 Å². The number of H-pyrrole nitrogens is 1. The summed E-state index contributed by atoms with van der Waals surface area (Å²) in [5.74, 6) is -0.237. The van der Waals surface area contributed by atoms with Crippen LogP contribution in [0.25, 0.3) is 10.9 Å². The molecule has 2 aromatic heterocycles. The number of hydrogen-bond acceptors (Lipinski definition) is 4. The van der Waals surface area contributed by atoms with Crippen LogP contribution in [-0.2, 0) is 35.4 Å². The summed E-state index contributed by atoms with van der Waals surface area (Å²) in [6, 6.07) is 18.3. The van der Waals surface area contributed by atoms with Crippen molar-refractivity contribution in [3.63, 3.8) is 0 Å². The van der Waals surface area contributed by atoms with Crippen LogP contribution in [-0.4, -0.2) is 15.9 Å². The van der Waals surface area contributed by atoms with E-state index in [-0.39, 0.29) is 19.0 Å². The second-order valence-corrected chi connectivity index (χ2v) is 7.36. The first-order valence-electron chi connectivity index (χ1n) is 8.96. The second-order valence-electron chi connectivity index (χ2n) is 6.42. The number of carbonyl (C=O) groups excluding carboxylic acids is 1. The molecule has 5 heteroatoms. The van der Waals surface area contributed by atoms with Crippen LogP contribution < -0.4 is 0 Å². The van der Waals surface area contributed by atoms with Crippen molar-refractivity contribution in [2.24, 2.45) is 0 Å². The normalized spacial score (nSPS) is 11.0. The van der Waals surface area contributed by atoms with Gasteiger partial charge >= 0.3 is 5.97 Å². The predicted octanol–water partition coefficient (Wildman–Crippen LogP) is 4.70. The van der Waals surface area contributed by atoms with Crippen molar-refractivity contribution in [2.75, 3.05) is 0 Å². The topological polar surface area (TPSA) is 55.0 Å². The van der Waals surface area contributed by atoms with Gasteiger partial charge in [-0.2, -0.15) is 0 Å². The first-order valence-corrected chi connectivity index (χ1v) is 9.84. The number of esters is 1. The van der Waals surface area contributed by atoms with Gasteiger partial charge in [-0.05, 0) is 23.6 Å². The van der Waals surface area contributed by atoms with Crippen LogP contribution in [0.3, 0.4) is 0 Å². The van der Waals surface area contributed by atoms with Gasteiger partial charge in [-0.1, -0.05) is 48.5 Å². The Kier molecular flexibility index (Phi) is 5.30. The van der Waals surface area contributed by atoms with Crippen LogP contribution in [0.15, 0.2) is 66.2 Å². The lowest BCUT2D eigenvalue weighted by atomic mass is 10.1. The van der Waals surface area contributed by atoms with Crippen molar-refractivity contribution < 1.29 is 9.53 Å². The number of nitrogens with zero attached hydrogens (tertiary/aromatic N) is 1. The summed E-state index contributed by atoms with van der Waals surface area (Å²) in [7, 11) is 0. The van der Waals surface area contributed by atoms with Crippen LogP contribution in [0.2, 0.25) is 0 Å². The van der Waals surface area contributed by atoms with Crippen molar-refractivity contribution in [2.45, 2.75) is 25.9 Å². The van der Waals surface area contributed by atoms with Gasteiger partial charge in [0.05, 0.1) is 17.1 Å². The van der Waals surface area contributed by atoms with E-state index in [1.54, 1.807) is 11.3 Å². The SMILES string of the molecule is O=C(Cc1c[nH]c2ccccc12)OCc1csc(CCc2ccccc2)n1. The minimum Gasteiger partial charge on any atom is -0.459 e. The van der Waals surface area contributed by atoms with Gasteiger partial charge in [0.25, 0.3) is 0 Å². The molecule has 0 saturated carbocycles. The lowest BCUT2D eigenvalue weighted by Gasteiger charge is -2.02. The summed E-state index contributed by atoms with van der Waals surface area (Å²) < 4.78 is 5.42. The molecule has 4 nitrogen and oxygen atoms in total. The Morgan fingerprint density at radius 1 is 1.04 bits per heavy atom. The molecule has 0 aliphatic carbocycles. The van der Waals surface area contributed by atoms with E-state index in [1.165, 1.54) is 5.56 Å². The maximum Gasteiger partial charge on any atom is 0.310 e. The third-order valence-electron chi connectivity index (χ3n) is 4.46. The third kappa shape index (κ3) is 4.44. The number of thiazole rings is 1. The van der Waals surface area contributed by atoms with Crippen molar-refractivity contribution in [1.82, 2.24) is 9.97 Å². The minimum absolute atomic E-state index is 0.225. The highest BCUT2D eigenvalue weighted by molar-refractivity contribution is 7.09. The number of rotatable bonds is 7. The predicted molar refractivity (Wildman–Crippen MR) is 108 cm³/mol. The molecule has 27 heavy (non-hydrogen) atoms. The first kappa shape index (κ1) is 17.5. The van der Waals surface area contributed by atoms with E-state index in [0.29, 0.717) is 0 Å². The number of benzene rings is 2. The van der Waals surface area contributed by atoms with Gasteiger partial charge in [0.15, 0.2) is 0 Å². The van der Waals surface area contributed by atoms with E-state index in [1.807, 2.05) is 41.9 Å². The molecule has 2 heterocycles. The molecular formula is C22H20N2O2S. The van der Waals surface area contributed by atoms with Gasteiger partial charge < -0.3 is 9.72 Å². The molecule has 0 radical (unpaired) electrons. The molecule has 0 amide bonds. The summed E-state index contributed by atoms with van der Waals surface area (Å²) in [6.07, 6.45) is 4.00. The van der Waals surface area contributed by atoms with Gasteiger partial charge in [0, 0.05) is 28.9 Å². The van der Waals surface area contributed by atoms with Crippen LogP contribution >= 0.6 is 11.3 Å². The van der Waals surface area contributed by atoms with Gasteiger partial charge in [-0.15, -0.1) is 11.3 Å². The fraction of sp³-hybridized carbons (Fsp3) is 0.182. The summed E-state index contributed by atoms with van der Waals surface area (Å²) in [5, 5.41) is 4.10. The highest BCUT2D eigenvalue weighted by Crippen LogP contribution is 2.19. The average molecular weight is 376 g/mol. The average Bonchev–Trinajstić information content (AvgIpc) is 3.33. The van der Waals surface area contributed by atoms with E-state index < -0.39 is 0 Å². The zero-order chi connectivity index (χ0) is 18.5. The summed E-state index contributed by atoms with van der Waals surface area (Å²) in [4.78, 5) is 19.9. The number of aromatic nitrogens is 2. The highest BCUT2D eigenvalue weighted by atomic mass is 32.1. The minimum atomic E-state index is -0.237. The Bertz CT molecular complexity index is 1040. The Morgan fingerprint density at radius 3 is 2.74 bits per heavy atom. The number of aromatic amines is 1. The highest BCUT2D eigenvalue weighted by Gasteiger charge is 2.11. The molecule has 0 fully saturated rings.